The summed E-state index contributed by atoms with van der Waals surface area (Å²) in [7, 11) is -25.1. The van der Waals surface area contributed by atoms with Crippen molar-refractivity contribution in [3.63, 3.8) is 0 Å². The topological polar surface area (TPSA) is 36.9 Å². The van der Waals surface area contributed by atoms with E-state index in [1.165, 1.54) is 0 Å². The van der Waals surface area contributed by atoms with Crippen LogP contribution in [0.2, 0.25) is 48.4 Å². The summed E-state index contributed by atoms with van der Waals surface area (Å²) in [6.45, 7) is -2.93. The van der Waals surface area contributed by atoms with Crippen molar-refractivity contribution in [2.45, 2.75) is 366 Å². The molecule has 0 aromatic rings. The standard InChI is InChI=1S/C60H46B2F78O4Si2/c1-21(2)23(5,19-145(13-7-25(63,64)31(75,76)37(87,88)43(99,100)49(111,112)55(123,124)125,14-8-26(65,66)32(77,78)38(89,90)44(101,102)50(113,114)56(126,127)128)15-9-27(67,68)33(79,80)39(91,92)45(103,104)51(115,116)57(129,130)131)143-61(141-21)62-142-22(3,4)24(6,144-62)20-146(16-10-28(69,70)34(81,82)40(93,94)46(105,106)52(117,118)58(132,133)134,17-11-29(71,72)35(83,84)41(95,96)47(107,108)53(119,120)59(135,136)137)18-12-30(73,74)36(85,86)42(97,98)48(109,110)54(121,122)60(138,139)140/h7-20H2,1-6H3. The molecule has 0 N–H and O–H groups in total. The van der Waals surface area contributed by atoms with Gasteiger partial charge in [-0.05, 0) is 53.6 Å². The van der Waals surface area contributed by atoms with Crippen molar-refractivity contribution in [2.75, 3.05) is 0 Å². The van der Waals surface area contributed by atoms with Crippen LogP contribution in [-0.2, 0) is 18.6 Å². The van der Waals surface area contributed by atoms with Gasteiger partial charge in [0, 0.05) is 38.5 Å². The third-order valence-electron chi connectivity index (χ3n) is 23.6. The first-order valence-corrected chi connectivity index (χ1v) is 42.1. The smallest absolute Gasteiger partial charge is 0.405 e. The number of hydrogen-bond acceptors (Lipinski definition) is 4. The molecule has 2 unspecified atom stereocenters. The molecule has 0 aromatic carbocycles. The van der Waals surface area contributed by atoms with Crippen molar-refractivity contribution in [1.82, 2.24) is 0 Å². The molecule has 0 aliphatic carbocycles. The molecular weight excluding hydrogens is 2340 g/mol. The maximum Gasteiger partial charge on any atom is 0.488 e. The van der Waals surface area contributed by atoms with Crippen LogP contribution in [-0.4, -0.2) is 267 Å². The van der Waals surface area contributed by atoms with Gasteiger partial charge in [-0.3, -0.25) is 0 Å². The summed E-state index contributed by atoms with van der Waals surface area (Å²) < 4.78 is 1160. The van der Waals surface area contributed by atoms with Gasteiger partial charge in [-0.1, -0.05) is 36.3 Å². The Kier molecular flexibility index (Phi) is 34.5. The van der Waals surface area contributed by atoms with Crippen molar-refractivity contribution in [3.8, 4) is 0 Å². The quantitative estimate of drug-likeness (QED) is 0.0449. The molecule has 2 aliphatic rings. The number of rotatable bonds is 47. The van der Waals surface area contributed by atoms with E-state index in [0.29, 0.717) is 0 Å². The van der Waals surface area contributed by atoms with Crippen LogP contribution in [0, 0.1) is 0 Å². The highest BCUT2D eigenvalue weighted by molar-refractivity contribution is 7.11. The van der Waals surface area contributed by atoms with E-state index in [9.17, 15) is 184 Å². The van der Waals surface area contributed by atoms with Crippen LogP contribution in [0.15, 0.2) is 0 Å². The maximum atomic E-state index is 16.1. The Morgan fingerprint density at radius 2 is 0.240 bits per heavy atom. The Labute approximate surface area is 756 Å². The van der Waals surface area contributed by atoms with E-state index in [2.05, 4.69) is 0 Å². The third kappa shape index (κ3) is 20.3. The number of hydrogen-bond donors (Lipinski definition) is 0. The molecule has 0 spiro atoms. The molecule has 2 aliphatic heterocycles. The molecule has 2 heterocycles. The zero-order chi connectivity index (χ0) is 119. The molecule has 2 fully saturated rings. The highest BCUT2D eigenvalue weighted by Crippen LogP contribution is 2.72. The van der Waals surface area contributed by atoms with Crippen LogP contribution in [0.3, 0.4) is 0 Å². The van der Waals surface area contributed by atoms with Crippen LogP contribution in [0.1, 0.15) is 80.1 Å². The first kappa shape index (κ1) is 137. The monoisotopic (exact) mass is 2390 g/mol. The van der Waals surface area contributed by atoms with Gasteiger partial charge in [-0.2, -0.15) is 342 Å². The molecule has 86 heteroatoms. The second-order valence-corrected chi connectivity index (χ2v) is 43.7. The molecule has 0 aromatic heterocycles. The molecule has 146 heavy (non-hydrogen) atoms. The second kappa shape index (κ2) is 36.8. The maximum absolute atomic E-state index is 16.1. The zero-order valence-corrected chi connectivity index (χ0v) is 71.2. The molecular formula is C60H46B2F78O4Si2. The van der Waals surface area contributed by atoms with E-state index >= 15 is 158 Å². The SMILES string of the molecule is CC1(C)OB(B2OC(C)(C)C(C)(C[Si](CCC(F)(F)C(F)(F)C(F)(F)C(F)(F)C(F)(F)C(F)(F)F)(CCC(F)(F)C(F)(F)C(F)(F)C(F)(F)C(F)(F)C(F)(F)F)CCC(F)(F)C(F)(F)C(F)(F)C(F)(F)C(F)(F)C(F)(F)F)O2)OC1(C)C[Si](CCC(F)(F)C(F)(F)C(F)(F)C(F)(F)C(F)(F)C(F)(F)F)(CCC(F)(F)C(F)(F)C(F)(F)C(F)(F)C(F)(F)C(F)(F)F)CCC(F)(F)C(F)(F)C(F)(F)C(F)(F)C(F)(F)C(F)(F)F. The lowest BCUT2D eigenvalue weighted by Crippen LogP contribution is -2.70. The third-order valence-corrected chi connectivity index (χ3v) is 34.3. The van der Waals surface area contributed by atoms with Gasteiger partial charge in [0.2, 0.25) is 0 Å². The minimum Gasteiger partial charge on any atom is -0.405 e. The van der Waals surface area contributed by atoms with E-state index in [0.717, 1.165) is 0 Å². The molecule has 2 rings (SSSR count). The Bertz CT molecular complexity index is 3830. The predicted octanol–water partition coefficient (Wildman–Crippen LogP) is 31.9. The van der Waals surface area contributed by atoms with E-state index in [-0.39, 0.29) is 0 Å². The van der Waals surface area contributed by atoms with Crippen LogP contribution >= 0.6 is 0 Å². The summed E-state index contributed by atoms with van der Waals surface area (Å²) in [6, 6.07) is -32.1. The van der Waals surface area contributed by atoms with Crippen LogP contribution in [0.25, 0.3) is 0 Å². The lowest BCUT2D eigenvalue weighted by Gasteiger charge is -2.47. The van der Waals surface area contributed by atoms with Crippen LogP contribution < -0.4 is 0 Å². The fourth-order valence-corrected chi connectivity index (χ4v) is 24.9. The van der Waals surface area contributed by atoms with Gasteiger partial charge < -0.3 is 18.6 Å². The number of halogens is 78. The first-order chi connectivity index (χ1) is 62.0. The Morgan fingerprint density at radius 1 is 0.144 bits per heavy atom. The summed E-state index contributed by atoms with van der Waals surface area (Å²) in [4.78, 5) is 0. The lowest BCUT2D eigenvalue weighted by atomic mass is 9.49. The summed E-state index contributed by atoms with van der Waals surface area (Å²) in [6.07, 6.45) is -80.7. The van der Waals surface area contributed by atoms with Gasteiger partial charge in [0.1, 0.15) is 0 Å². The van der Waals surface area contributed by atoms with Crippen molar-refractivity contribution in [2.24, 2.45) is 0 Å². The summed E-state index contributed by atoms with van der Waals surface area (Å²) in [5.74, 6) is -274. The Hall–Kier alpha value is -5.06. The molecule has 870 valence electrons. The highest BCUT2D eigenvalue weighted by Gasteiger charge is 2.98. The molecule has 4 nitrogen and oxygen atoms in total. The number of alkyl halides is 78. The first-order valence-electron chi connectivity index (χ1n) is 36.5. The van der Waals surface area contributed by atoms with E-state index in [4.69, 9.17) is 18.6 Å². The molecule has 0 bridgehead atoms. The van der Waals surface area contributed by atoms with Crippen molar-refractivity contribution < 1.29 is 361 Å². The second-order valence-electron chi connectivity index (χ2n) is 34.0. The minimum absolute atomic E-state index is 0.396. The highest BCUT2D eigenvalue weighted by atomic mass is 28.3. The van der Waals surface area contributed by atoms with Gasteiger partial charge in [-0.15, -0.1) is 0 Å². The molecule has 2 saturated heterocycles. The summed E-state index contributed by atoms with van der Waals surface area (Å²) in [5, 5.41) is 0. The normalized spacial score (nSPS) is 20.5. The molecule has 0 amide bonds. The predicted molar refractivity (Wildman–Crippen MR) is 323 cm³/mol. The van der Waals surface area contributed by atoms with Crippen molar-refractivity contribution >= 4 is 30.2 Å². The van der Waals surface area contributed by atoms with E-state index in [1.807, 2.05) is 0 Å². The molecule has 0 radical (unpaired) electrons. The van der Waals surface area contributed by atoms with Gasteiger partial charge in [0.05, 0.1) is 38.6 Å². The van der Waals surface area contributed by atoms with Gasteiger partial charge in [0.25, 0.3) is 0 Å². The average Bonchev–Trinajstić information content (AvgIpc) is 1.44. The van der Waals surface area contributed by atoms with E-state index < -0.39 is 396 Å². The zero-order valence-electron chi connectivity index (χ0n) is 69.2. The minimum atomic E-state index is -9.51. The Balaban J connectivity index is 3.85. The van der Waals surface area contributed by atoms with Gasteiger partial charge >= 0.3 is 229 Å². The Morgan fingerprint density at radius 3 is 0.336 bits per heavy atom. The summed E-state index contributed by atoms with van der Waals surface area (Å²) in [5.41, 5.74) is -17.5. The van der Waals surface area contributed by atoms with Crippen LogP contribution in [0.5, 0.6) is 0 Å². The fourth-order valence-electron chi connectivity index (χ4n) is 13.4. The van der Waals surface area contributed by atoms with Gasteiger partial charge in [-0.25, -0.2) is 0 Å². The van der Waals surface area contributed by atoms with Crippen molar-refractivity contribution in [1.29, 1.82) is 0 Å². The van der Waals surface area contributed by atoms with Crippen LogP contribution in [0.4, 0.5) is 342 Å². The van der Waals surface area contributed by atoms with Crippen molar-refractivity contribution in [3.05, 3.63) is 0 Å². The lowest BCUT2D eigenvalue weighted by molar-refractivity contribution is -0.440. The fraction of sp³-hybridized carbons (Fsp3) is 1.00. The molecule has 0 saturated carbocycles. The largest absolute Gasteiger partial charge is 0.488 e. The summed E-state index contributed by atoms with van der Waals surface area (Å²) >= 11 is 0. The molecule has 2 atom stereocenters. The van der Waals surface area contributed by atoms with E-state index in [1.54, 1.807) is 0 Å². The van der Waals surface area contributed by atoms with Gasteiger partial charge in [0.15, 0.2) is 0 Å². The average molecular weight is 2390 g/mol.